The Morgan fingerprint density at radius 1 is 0.514 bits per heavy atom. The smallest absolute Gasteiger partial charge is 0.284 e. The number of rotatable bonds is 26. The molecule has 1 atom stereocenters. The van der Waals surface area contributed by atoms with Crippen LogP contribution in [0.2, 0.25) is 0 Å². The van der Waals surface area contributed by atoms with E-state index < -0.39 is 11.7 Å². The van der Waals surface area contributed by atoms with Crippen molar-refractivity contribution in [2.24, 2.45) is 5.73 Å². The van der Waals surface area contributed by atoms with Crippen molar-refractivity contribution < 1.29 is 23.7 Å². The van der Waals surface area contributed by atoms with Crippen molar-refractivity contribution in [2.45, 2.75) is 149 Å². The molecule has 0 radical (unpaired) electrons. The minimum atomic E-state index is -1.54. The average Bonchev–Trinajstić information content (AvgIpc) is 2.81. The van der Waals surface area contributed by atoms with Gasteiger partial charge in [0.05, 0.1) is 0 Å². The summed E-state index contributed by atoms with van der Waals surface area (Å²) < 4.78 is 30.4. The van der Waals surface area contributed by atoms with Gasteiger partial charge in [-0.1, -0.05) is 90.4 Å². The molecule has 0 saturated heterocycles. The van der Waals surface area contributed by atoms with Gasteiger partial charge >= 0.3 is 0 Å². The van der Waals surface area contributed by atoms with E-state index in [1.807, 2.05) is 34.6 Å². The maximum absolute atomic E-state index is 6.67. The minimum Gasteiger partial charge on any atom is -0.373 e. The maximum atomic E-state index is 6.67. The Bertz CT molecular complexity index is 430. The van der Waals surface area contributed by atoms with Gasteiger partial charge in [0, 0.05) is 33.0 Å². The van der Waals surface area contributed by atoms with Gasteiger partial charge in [-0.15, -0.1) is 12.4 Å². The summed E-state index contributed by atoms with van der Waals surface area (Å²) in [6, 6.07) is 0. The molecule has 0 rings (SSSR count). The van der Waals surface area contributed by atoms with E-state index in [0.717, 1.165) is 19.3 Å². The Labute approximate surface area is 224 Å². The first-order valence-electron chi connectivity index (χ1n) is 14.5. The van der Waals surface area contributed by atoms with Crippen LogP contribution in [0.25, 0.3) is 0 Å². The Morgan fingerprint density at radius 3 is 1.23 bits per heavy atom. The van der Waals surface area contributed by atoms with Crippen LogP contribution in [0.1, 0.15) is 131 Å². The quantitative estimate of drug-likeness (QED) is 0.0918. The fourth-order valence-corrected chi connectivity index (χ4v) is 4.69. The summed E-state index contributed by atoms with van der Waals surface area (Å²) in [7, 11) is 0. The lowest BCUT2D eigenvalue weighted by molar-refractivity contribution is -0.432. The van der Waals surface area contributed by atoms with Gasteiger partial charge < -0.3 is 23.7 Å². The Balaban J connectivity index is 0. The van der Waals surface area contributed by atoms with Crippen molar-refractivity contribution in [3.05, 3.63) is 0 Å². The second kappa shape index (κ2) is 24.4. The van der Waals surface area contributed by atoms with Gasteiger partial charge in [-0.2, -0.15) is 0 Å². The van der Waals surface area contributed by atoms with Crippen LogP contribution < -0.4 is 5.73 Å². The fraction of sp³-hybridized carbons (Fsp3) is 1.00. The summed E-state index contributed by atoms with van der Waals surface area (Å²) >= 11 is 0. The van der Waals surface area contributed by atoms with Crippen molar-refractivity contribution in [1.82, 2.24) is 0 Å². The normalized spacial score (nSPS) is 13.1. The van der Waals surface area contributed by atoms with Crippen molar-refractivity contribution in [1.29, 1.82) is 0 Å². The molecule has 214 valence electrons. The summed E-state index contributed by atoms with van der Waals surface area (Å²) in [5.74, 6) is -2.87. The van der Waals surface area contributed by atoms with E-state index in [4.69, 9.17) is 29.4 Å². The zero-order chi connectivity index (χ0) is 25.5. The summed E-state index contributed by atoms with van der Waals surface area (Å²) in [5, 5.41) is 0. The predicted molar refractivity (Wildman–Crippen MR) is 149 cm³/mol. The largest absolute Gasteiger partial charge is 0.373 e. The molecule has 1 unspecified atom stereocenters. The highest BCUT2D eigenvalue weighted by molar-refractivity contribution is 5.85. The number of nitrogens with two attached hydrogens (primary N) is 1. The molecule has 0 aliphatic carbocycles. The zero-order valence-corrected chi connectivity index (χ0v) is 24.9. The lowest BCUT2D eigenvalue weighted by atomic mass is 9.97. The van der Waals surface area contributed by atoms with Crippen molar-refractivity contribution >= 4 is 12.4 Å². The topological polar surface area (TPSA) is 72.2 Å². The van der Waals surface area contributed by atoms with Crippen molar-refractivity contribution in [3.8, 4) is 0 Å². The van der Waals surface area contributed by atoms with Gasteiger partial charge in [-0.3, -0.25) is 5.73 Å². The predicted octanol–water partition coefficient (Wildman–Crippen LogP) is 7.75. The molecule has 2 N–H and O–H groups in total. The van der Waals surface area contributed by atoms with Gasteiger partial charge in [0.25, 0.3) is 11.7 Å². The van der Waals surface area contributed by atoms with Crippen LogP contribution in [-0.2, 0) is 23.7 Å². The summed E-state index contributed by atoms with van der Waals surface area (Å²) in [4.78, 5) is 0. The van der Waals surface area contributed by atoms with Crippen LogP contribution in [0.5, 0.6) is 0 Å². The van der Waals surface area contributed by atoms with E-state index in [2.05, 4.69) is 6.92 Å². The van der Waals surface area contributed by atoms with E-state index >= 15 is 0 Å². The van der Waals surface area contributed by atoms with Gasteiger partial charge in [-0.25, -0.2) is 0 Å². The Morgan fingerprint density at radius 2 is 0.886 bits per heavy atom. The first-order valence-corrected chi connectivity index (χ1v) is 14.5. The lowest BCUT2D eigenvalue weighted by Crippen LogP contribution is -2.72. The Kier molecular flexibility index (Phi) is 25.9. The molecule has 0 aromatic rings. The van der Waals surface area contributed by atoms with E-state index in [9.17, 15) is 0 Å². The van der Waals surface area contributed by atoms with Gasteiger partial charge in [-0.05, 0) is 41.0 Å². The molecule has 6 nitrogen and oxygen atoms in total. The molecule has 0 spiro atoms. The van der Waals surface area contributed by atoms with Crippen LogP contribution in [0.4, 0.5) is 0 Å². The lowest BCUT2D eigenvalue weighted by Gasteiger charge is -2.49. The van der Waals surface area contributed by atoms with E-state index in [-0.39, 0.29) is 18.5 Å². The van der Waals surface area contributed by atoms with Gasteiger partial charge in [0.1, 0.15) is 6.10 Å². The van der Waals surface area contributed by atoms with Gasteiger partial charge in [0.2, 0.25) is 0 Å². The van der Waals surface area contributed by atoms with Crippen LogP contribution in [0.15, 0.2) is 0 Å². The van der Waals surface area contributed by atoms with E-state index in [1.165, 1.54) is 70.6 Å². The molecular weight excluding hydrogens is 466 g/mol. The number of hydrogen-bond acceptors (Lipinski definition) is 6. The SMILES string of the molecule is CCCCCCCCCCCCCCCC(OCC)C(OCC)(OCC)C(N)(OCC)OCC.Cl. The molecular formula is C28H60ClNO5. The second-order valence-electron chi connectivity index (χ2n) is 9.04. The number of unbranched alkanes of at least 4 members (excludes halogenated alkanes) is 12. The van der Waals surface area contributed by atoms with Gasteiger partial charge in [0.15, 0.2) is 0 Å². The zero-order valence-electron chi connectivity index (χ0n) is 24.0. The number of ether oxygens (including phenoxy) is 5. The Hall–Kier alpha value is 0.0500. The van der Waals surface area contributed by atoms with Crippen LogP contribution in [0, 0.1) is 0 Å². The minimum absolute atomic E-state index is 0. The molecule has 0 heterocycles. The number of hydrogen-bond donors (Lipinski definition) is 1. The fourth-order valence-electron chi connectivity index (χ4n) is 4.69. The van der Waals surface area contributed by atoms with Crippen LogP contribution >= 0.6 is 12.4 Å². The molecule has 35 heavy (non-hydrogen) atoms. The van der Waals surface area contributed by atoms with Crippen molar-refractivity contribution in [3.63, 3.8) is 0 Å². The molecule has 0 amide bonds. The maximum Gasteiger partial charge on any atom is 0.284 e. The van der Waals surface area contributed by atoms with Crippen LogP contribution in [0.3, 0.4) is 0 Å². The molecule has 0 aliphatic rings. The molecule has 0 aliphatic heterocycles. The number of halogens is 1. The standard InChI is InChI=1S/C28H59NO5.ClH/c1-7-13-14-15-16-17-18-19-20-21-22-23-24-25-26(30-8-2)27(31-9-3,32-10-4)28(29,33-11-5)34-12-6;/h26H,7-25,29H2,1-6H3;1H. The van der Waals surface area contributed by atoms with E-state index in [1.54, 1.807) is 0 Å². The molecule has 0 saturated carbocycles. The van der Waals surface area contributed by atoms with E-state index in [0.29, 0.717) is 33.0 Å². The first-order chi connectivity index (χ1) is 16.5. The monoisotopic (exact) mass is 525 g/mol. The molecule has 0 aromatic carbocycles. The third-order valence-corrected chi connectivity index (χ3v) is 6.28. The summed E-state index contributed by atoms with van der Waals surface area (Å²) in [6.45, 7) is 14.1. The second-order valence-corrected chi connectivity index (χ2v) is 9.04. The third kappa shape index (κ3) is 14.5. The molecule has 0 fully saturated rings. The highest BCUT2D eigenvalue weighted by atomic mass is 35.5. The average molecular weight is 526 g/mol. The molecule has 7 heteroatoms. The highest BCUT2D eigenvalue weighted by Gasteiger charge is 2.59. The van der Waals surface area contributed by atoms with Crippen LogP contribution in [-0.4, -0.2) is 50.8 Å². The highest BCUT2D eigenvalue weighted by Crippen LogP contribution is 2.36. The molecule has 0 aromatic heterocycles. The molecule has 0 bridgehead atoms. The van der Waals surface area contributed by atoms with Crippen molar-refractivity contribution in [2.75, 3.05) is 33.0 Å². The summed E-state index contributed by atoms with van der Waals surface area (Å²) in [6.07, 6.45) is 17.6. The first kappa shape index (κ1) is 37.2. The third-order valence-electron chi connectivity index (χ3n) is 6.28. The summed E-state index contributed by atoms with van der Waals surface area (Å²) in [5.41, 5.74) is 6.67.